The van der Waals surface area contributed by atoms with Crippen LogP contribution >= 0.6 is 12.2 Å². The summed E-state index contributed by atoms with van der Waals surface area (Å²) in [6.45, 7) is 5.44. The monoisotopic (exact) mass is 395 g/mol. The van der Waals surface area contributed by atoms with E-state index in [1.165, 1.54) is 6.42 Å². The molecule has 2 amide bonds. The van der Waals surface area contributed by atoms with E-state index >= 15 is 0 Å². The molecule has 3 N–H and O–H groups in total. The SMILES string of the molecule is CCCCCCOc1ccccc1C(=O)NC(=S)NNC(=O)CCOCC. The fourth-order valence-electron chi connectivity index (χ4n) is 2.19. The fraction of sp³-hybridized carbons (Fsp3) is 0.526. The van der Waals surface area contributed by atoms with Crippen LogP contribution in [0.2, 0.25) is 0 Å². The Balaban J connectivity index is 2.44. The Morgan fingerprint density at radius 2 is 1.81 bits per heavy atom. The van der Waals surface area contributed by atoms with Gasteiger partial charge in [0.15, 0.2) is 5.11 Å². The van der Waals surface area contributed by atoms with Gasteiger partial charge < -0.3 is 9.47 Å². The van der Waals surface area contributed by atoms with E-state index in [1.54, 1.807) is 18.2 Å². The number of carbonyl (C=O) groups excluding carboxylic acids is 2. The first-order valence-corrected chi connectivity index (χ1v) is 9.69. The van der Waals surface area contributed by atoms with Gasteiger partial charge in [-0.25, -0.2) is 0 Å². The third-order valence-corrected chi connectivity index (χ3v) is 3.81. The average molecular weight is 396 g/mol. The third-order valence-electron chi connectivity index (χ3n) is 3.61. The highest BCUT2D eigenvalue weighted by Gasteiger charge is 2.13. The van der Waals surface area contributed by atoms with E-state index in [2.05, 4.69) is 23.1 Å². The molecular weight excluding hydrogens is 366 g/mol. The minimum absolute atomic E-state index is 0.00232. The van der Waals surface area contributed by atoms with Gasteiger partial charge in [-0.05, 0) is 37.7 Å². The summed E-state index contributed by atoms with van der Waals surface area (Å²) in [6, 6.07) is 6.98. The van der Waals surface area contributed by atoms with Gasteiger partial charge in [-0.3, -0.25) is 25.8 Å². The molecular formula is C19H29N3O4S. The zero-order valence-electron chi connectivity index (χ0n) is 16.0. The van der Waals surface area contributed by atoms with E-state index in [1.807, 2.05) is 13.0 Å². The number of thiocarbonyl (C=S) groups is 1. The lowest BCUT2D eigenvalue weighted by Crippen LogP contribution is -2.48. The highest BCUT2D eigenvalue weighted by Crippen LogP contribution is 2.18. The van der Waals surface area contributed by atoms with Crippen LogP contribution in [0.4, 0.5) is 0 Å². The third kappa shape index (κ3) is 9.91. The summed E-state index contributed by atoms with van der Waals surface area (Å²) in [5.74, 6) is -0.175. The summed E-state index contributed by atoms with van der Waals surface area (Å²) >= 11 is 5.03. The molecule has 0 aliphatic carbocycles. The number of hydrogen-bond donors (Lipinski definition) is 3. The van der Waals surface area contributed by atoms with Crippen molar-refractivity contribution in [2.45, 2.75) is 46.0 Å². The molecule has 0 saturated heterocycles. The van der Waals surface area contributed by atoms with Gasteiger partial charge in [0, 0.05) is 6.61 Å². The van der Waals surface area contributed by atoms with Gasteiger partial charge in [0.25, 0.3) is 5.91 Å². The quantitative estimate of drug-likeness (QED) is 0.303. The summed E-state index contributed by atoms with van der Waals surface area (Å²) < 4.78 is 10.8. The maximum Gasteiger partial charge on any atom is 0.261 e. The van der Waals surface area contributed by atoms with Gasteiger partial charge in [0.1, 0.15) is 5.75 Å². The number of benzene rings is 1. The van der Waals surface area contributed by atoms with Gasteiger partial charge in [0.2, 0.25) is 5.91 Å². The van der Waals surface area contributed by atoms with Crippen molar-refractivity contribution in [3.63, 3.8) is 0 Å². The van der Waals surface area contributed by atoms with Gasteiger partial charge in [0.05, 0.1) is 25.2 Å². The first-order valence-electron chi connectivity index (χ1n) is 9.28. The lowest BCUT2D eigenvalue weighted by Gasteiger charge is -2.13. The van der Waals surface area contributed by atoms with Crippen LogP contribution in [0.15, 0.2) is 24.3 Å². The van der Waals surface area contributed by atoms with Gasteiger partial charge in [-0.1, -0.05) is 38.3 Å². The first-order chi connectivity index (χ1) is 13.1. The van der Waals surface area contributed by atoms with Crippen molar-refractivity contribution in [1.29, 1.82) is 0 Å². The molecule has 8 heteroatoms. The van der Waals surface area contributed by atoms with Crippen LogP contribution in [0, 0.1) is 0 Å². The lowest BCUT2D eigenvalue weighted by atomic mass is 10.2. The van der Waals surface area contributed by atoms with Crippen LogP contribution in [-0.2, 0) is 9.53 Å². The Morgan fingerprint density at radius 1 is 1.04 bits per heavy atom. The van der Waals surface area contributed by atoms with E-state index < -0.39 is 5.91 Å². The lowest BCUT2D eigenvalue weighted by molar-refractivity contribution is -0.122. The van der Waals surface area contributed by atoms with Gasteiger partial charge in [-0.2, -0.15) is 0 Å². The number of nitrogens with one attached hydrogen (secondary N) is 3. The number of rotatable bonds is 11. The molecule has 0 spiro atoms. The smallest absolute Gasteiger partial charge is 0.261 e. The van der Waals surface area contributed by atoms with Crippen molar-refractivity contribution in [2.24, 2.45) is 0 Å². The topological polar surface area (TPSA) is 88.7 Å². The number of carbonyl (C=O) groups is 2. The highest BCUT2D eigenvalue weighted by molar-refractivity contribution is 7.80. The zero-order chi connectivity index (χ0) is 19.9. The molecule has 27 heavy (non-hydrogen) atoms. The Labute approximate surface area is 166 Å². The molecule has 7 nitrogen and oxygen atoms in total. The maximum absolute atomic E-state index is 12.4. The van der Waals surface area contributed by atoms with Crippen LogP contribution in [0.25, 0.3) is 0 Å². The van der Waals surface area contributed by atoms with E-state index in [9.17, 15) is 9.59 Å². The van der Waals surface area contributed by atoms with Gasteiger partial charge >= 0.3 is 0 Å². The number of para-hydroxylation sites is 1. The molecule has 1 rings (SSSR count). The van der Waals surface area contributed by atoms with Crippen molar-refractivity contribution in [2.75, 3.05) is 19.8 Å². The van der Waals surface area contributed by atoms with Crippen molar-refractivity contribution in [3.8, 4) is 5.75 Å². The molecule has 0 aliphatic heterocycles. The Morgan fingerprint density at radius 3 is 2.56 bits per heavy atom. The predicted molar refractivity (Wildman–Crippen MR) is 109 cm³/mol. The Hall–Kier alpha value is -2.19. The minimum atomic E-state index is -0.403. The van der Waals surface area contributed by atoms with E-state index in [0.29, 0.717) is 31.1 Å². The maximum atomic E-state index is 12.4. The van der Waals surface area contributed by atoms with Crippen LogP contribution in [0.3, 0.4) is 0 Å². The van der Waals surface area contributed by atoms with Crippen LogP contribution < -0.4 is 20.9 Å². The second kappa shape index (κ2) is 13.9. The molecule has 0 fully saturated rings. The number of hydrazine groups is 1. The summed E-state index contributed by atoms with van der Waals surface area (Å²) in [6.07, 6.45) is 4.57. The molecule has 0 unspecified atom stereocenters. The number of hydrogen-bond acceptors (Lipinski definition) is 5. The summed E-state index contributed by atoms with van der Waals surface area (Å²) in [5.41, 5.74) is 5.30. The van der Waals surface area contributed by atoms with Crippen molar-refractivity contribution in [1.82, 2.24) is 16.2 Å². The average Bonchev–Trinajstić information content (AvgIpc) is 2.66. The van der Waals surface area contributed by atoms with Crippen molar-refractivity contribution >= 4 is 29.1 Å². The highest BCUT2D eigenvalue weighted by atomic mass is 32.1. The largest absolute Gasteiger partial charge is 0.493 e. The first kappa shape index (κ1) is 22.9. The van der Waals surface area contributed by atoms with E-state index in [4.69, 9.17) is 21.7 Å². The van der Waals surface area contributed by atoms with Crippen LogP contribution in [0.5, 0.6) is 5.75 Å². The summed E-state index contributed by atoms with van der Waals surface area (Å²) in [5, 5.41) is 2.53. The Bertz CT molecular complexity index is 610. The predicted octanol–water partition coefficient (Wildman–Crippen LogP) is 2.71. The van der Waals surface area contributed by atoms with Crippen LogP contribution in [-0.4, -0.2) is 36.7 Å². The molecule has 0 aromatic heterocycles. The molecule has 0 radical (unpaired) electrons. The second-order valence-electron chi connectivity index (χ2n) is 5.81. The van der Waals surface area contributed by atoms with E-state index in [0.717, 1.165) is 19.3 Å². The van der Waals surface area contributed by atoms with Gasteiger partial charge in [-0.15, -0.1) is 0 Å². The van der Waals surface area contributed by atoms with Crippen molar-refractivity contribution < 1.29 is 19.1 Å². The number of amides is 2. The molecule has 150 valence electrons. The molecule has 0 bridgehead atoms. The summed E-state index contributed by atoms with van der Waals surface area (Å²) in [4.78, 5) is 24.0. The number of ether oxygens (including phenoxy) is 2. The molecule has 0 heterocycles. The normalized spacial score (nSPS) is 10.1. The molecule has 0 aliphatic rings. The molecule has 0 saturated carbocycles. The second-order valence-corrected chi connectivity index (χ2v) is 6.22. The molecule has 1 aromatic rings. The van der Waals surface area contributed by atoms with Crippen LogP contribution in [0.1, 0.15) is 56.3 Å². The fourth-order valence-corrected chi connectivity index (χ4v) is 2.33. The zero-order valence-corrected chi connectivity index (χ0v) is 16.8. The molecule has 1 aromatic carbocycles. The standard InChI is InChI=1S/C19H29N3O4S/c1-3-5-6-9-13-26-16-11-8-7-10-15(16)18(24)20-19(27)22-21-17(23)12-14-25-4-2/h7-8,10-11H,3-6,9,12-14H2,1-2H3,(H,21,23)(H2,20,22,24,27). The van der Waals surface area contributed by atoms with Crippen molar-refractivity contribution in [3.05, 3.63) is 29.8 Å². The minimum Gasteiger partial charge on any atom is -0.493 e. The Kier molecular flexibility index (Phi) is 11.8. The van der Waals surface area contributed by atoms with E-state index in [-0.39, 0.29) is 17.4 Å². The number of unbranched alkanes of at least 4 members (excludes halogenated alkanes) is 3. The summed E-state index contributed by atoms with van der Waals surface area (Å²) in [7, 11) is 0. The molecule has 0 atom stereocenters.